The van der Waals surface area contributed by atoms with Gasteiger partial charge in [-0.25, -0.2) is 0 Å². The van der Waals surface area contributed by atoms with Crippen LogP contribution in [0.5, 0.6) is 0 Å². The lowest BCUT2D eigenvalue weighted by Crippen LogP contribution is -2.26. The second-order valence-corrected chi connectivity index (χ2v) is 4.41. The SMILES string of the molecule is C=C1CCN(CCCCCCCC)C1=O. The van der Waals surface area contributed by atoms with E-state index < -0.39 is 0 Å². The van der Waals surface area contributed by atoms with E-state index in [1.165, 1.54) is 32.1 Å². The van der Waals surface area contributed by atoms with Crippen LogP contribution >= 0.6 is 0 Å². The third kappa shape index (κ3) is 4.06. The predicted molar refractivity (Wildman–Crippen MR) is 63.7 cm³/mol. The molecule has 1 saturated heterocycles. The Morgan fingerprint density at radius 3 is 2.47 bits per heavy atom. The van der Waals surface area contributed by atoms with Gasteiger partial charge < -0.3 is 4.90 Å². The largest absolute Gasteiger partial charge is 0.339 e. The number of hydrogen-bond acceptors (Lipinski definition) is 1. The fraction of sp³-hybridized carbons (Fsp3) is 0.769. The van der Waals surface area contributed by atoms with Crippen molar-refractivity contribution < 1.29 is 4.79 Å². The van der Waals surface area contributed by atoms with Gasteiger partial charge in [0.2, 0.25) is 5.91 Å². The van der Waals surface area contributed by atoms with Gasteiger partial charge in [-0.15, -0.1) is 0 Å². The molecule has 2 heteroatoms. The molecule has 0 aromatic rings. The van der Waals surface area contributed by atoms with Crippen LogP contribution in [-0.4, -0.2) is 23.9 Å². The number of hydrogen-bond donors (Lipinski definition) is 0. The van der Waals surface area contributed by atoms with E-state index in [1.54, 1.807) is 0 Å². The number of unbranched alkanes of at least 4 members (excludes halogenated alkanes) is 5. The Bertz CT molecular complexity index is 223. The molecule has 0 atom stereocenters. The number of amides is 1. The van der Waals surface area contributed by atoms with Crippen molar-refractivity contribution in [3.8, 4) is 0 Å². The van der Waals surface area contributed by atoms with Crippen LogP contribution in [0.25, 0.3) is 0 Å². The summed E-state index contributed by atoms with van der Waals surface area (Å²) in [6, 6.07) is 0. The van der Waals surface area contributed by atoms with Crippen LogP contribution < -0.4 is 0 Å². The molecule has 0 aromatic heterocycles. The fourth-order valence-corrected chi connectivity index (χ4v) is 2.00. The molecular weight excluding hydrogens is 186 g/mol. The van der Waals surface area contributed by atoms with Crippen molar-refractivity contribution in [2.45, 2.75) is 51.9 Å². The molecule has 1 fully saturated rings. The summed E-state index contributed by atoms with van der Waals surface area (Å²) >= 11 is 0. The third-order valence-electron chi connectivity index (χ3n) is 3.05. The molecule has 0 aliphatic carbocycles. The van der Waals surface area contributed by atoms with E-state index in [1.807, 2.05) is 4.90 Å². The van der Waals surface area contributed by atoms with Gasteiger partial charge >= 0.3 is 0 Å². The molecule has 1 heterocycles. The minimum Gasteiger partial charge on any atom is -0.339 e. The summed E-state index contributed by atoms with van der Waals surface area (Å²) in [6.07, 6.45) is 8.59. The normalized spacial score (nSPS) is 16.5. The van der Waals surface area contributed by atoms with E-state index in [0.29, 0.717) is 0 Å². The number of rotatable bonds is 7. The number of nitrogens with zero attached hydrogens (tertiary/aromatic N) is 1. The Hall–Kier alpha value is -0.790. The zero-order valence-corrected chi connectivity index (χ0v) is 9.93. The fourth-order valence-electron chi connectivity index (χ4n) is 2.00. The summed E-state index contributed by atoms with van der Waals surface area (Å²) in [5.74, 6) is 0.184. The first kappa shape index (κ1) is 12.3. The maximum atomic E-state index is 11.5. The van der Waals surface area contributed by atoms with Crippen molar-refractivity contribution in [3.05, 3.63) is 12.2 Å². The molecule has 0 N–H and O–H groups in total. The zero-order chi connectivity index (χ0) is 11.1. The smallest absolute Gasteiger partial charge is 0.249 e. The summed E-state index contributed by atoms with van der Waals surface area (Å²) in [6.45, 7) is 7.82. The molecule has 2 nitrogen and oxygen atoms in total. The molecule has 1 rings (SSSR count). The molecule has 0 spiro atoms. The molecular formula is C13H23NO. The molecule has 1 aliphatic rings. The van der Waals surface area contributed by atoms with E-state index >= 15 is 0 Å². The van der Waals surface area contributed by atoms with E-state index in [0.717, 1.165) is 31.5 Å². The third-order valence-corrected chi connectivity index (χ3v) is 3.05. The first-order chi connectivity index (χ1) is 7.25. The number of carbonyl (C=O) groups excluding carboxylic acids is 1. The second-order valence-electron chi connectivity index (χ2n) is 4.41. The van der Waals surface area contributed by atoms with Gasteiger partial charge in [0.25, 0.3) is 0 Å². The molecule has 1 aliphatic heterocycles. The predicted octanol–water partition coefficient (Wildman–Crippen LogP) is 3.14. The average Bonchev–Trinajstić information content (AvgIpc) is 2.54. The van der Waals surface area contributed by atoms with E-state index in [-0.39, 0.29) is 5.91 Å². The van der Waals surface area contributed by atoms with E-state index in [9.17, 15) is 4.79 Å². The van der Waals surface area contributed by atoms with Gasteiger partial charge in [0.15, 0.2) is 0 Å². The van der Waals surface area contributed by atoms with Gasteiger partial charge in [-0.1, -0.05) is 45.6 Å². The van der Waals surface area contributed by atoms with Crippen LogP contribution in [0.2, 0.25) is 0 Å². The summed E-state index contributed by atoms with van der Waals surface area (Å²) in [4.78, 5) is 13.4. The highest BCUT2D eigenvalue weighted by Gasteiger charge is 2.22. The van der Waals surface area contributed by atoms with E-state index in [4.69, 9.17) is 0 Å². The van der Waals surface area contributed by atoms with Crippen molar-refractivity contribution in [1.29, 1.82) is 0 Å². The minimum atomic E-state index is 0.184. The topological polar surface area (TPSA) is 20.3 Å². The molecule has 0 unspecified atom stereocenters. The molecule has 0 saturated carbocycles. The Morgan fingerprint density at radius 1 is 1.20 bits per heavy atom. The lowest BCUT2D eigenvalue weighted by molar-refractivity contribution is -0.124. The first-order valence-corrected chi connectivity index (χ1v) is 6.22. The quantitative estimate of drug-likeness (QED) is 0.466. The Kier molecular flexibility index (Phi) is 5.44. The minimum absolute atomic E-state index is 0.184. The maximum absolute atomic E-state index is 11.5. The Labute approximate surface area is 93.3 Å². The summed E-state index contributed by atoms with van der Waals surface area (Å²) in [5.41, 5.74) is 0.793. The van der Waals surface area contributed by atoms with Crippen LogP contribution in [0, 0.1) is 0 Å². The van der Waals surface area contributed by atoms with Crippen LogP contribution in [-0.2, 0) is 4.79 Å². The van der Waals surface area contributed by atoms with Gasteiger partial charge in [-0.05, 0) is 12.8 Å². The molecule has 0 aromatic carbocycles. The summed E-state index contributed by atoms with van der Waals surface area (Å²) in [5, 5.41) is 0. The van der Waals surface area contributed by atoms with Crippen molar-refractivity contribution in [2.75, 3.05) is 13.1 Å². The van der Waals surface area contributed by atoms with Gasteiger partial charge in [0, 0.05) is 18.7 Å². The Balaban J connectivity index is 2.01. The average molecular weight is 209 g/mol. The van der Waals surface area contributed by atoms with Crippen LogP contribution in [0.3, 0.4) is 0 Å². The van der Waals surface area contributed by atoms with Crippen LogP contribution in [0.15, 0.2) is 12.2 Å². The van der Waals surface area contributed by atoms with Crippen molar-refractivity contribution in [3.63, 3.8) is 0 Å². The van der Waals surface area contributed by atoms with Gasteiger partial charge in [0.05, 0.1) is 0 Å². The van der Waals surface area contributed by atoms with Gasteiger partial charge in [0.1, 0.15) is 0 Å². The van der Waals surface area contributed by atoms with Crippen molar-refractivity contribution >= 4 is 5.91 Å². The van der Waals surface area contributed by atoms with E-state index in [2.05, 4.69) is 13.5 Å². The molecule has 0 bridgehead atoms. The molecule has 15 heavy (non-hydrogen) atoms. The highest BCUT2D eigenvalue weighted by Crippen LogP contribution is 2.16. The lowest BCUT2D eigenvalue weighted by atomic mass is 10.1. The zero-order valence-electron chi connectivity index (χ0n) is 9.93. The molecule has 1 amide bonds. The summed E-state index contributed by atoms with van der Waals surface area (Å²) in [7, 11) is 0. The number of carbonyl (C=O) groups is 1. The van der Waals surface area contributed by atoms with Gasteiger partial charge in [-0.2, -0.15) is 0 Å². The van der Waals surface area contributed by atoms with Gasteiger partial charge in [-0.3, -0.25) is 4.79 Å². The highest BCUT2D eigenvalue weighted by atomic mass is 16.2. The molecule has 86 valence electrons. The maximum Gasteiger partial charge on any atom is 0.249 e. The summed E-state index contributed by atoms with van der Waals surface area (Å²) < 4.78 is 0. The van der Waals surface area contributed by atoms with Crippen molar-refractivity contribution in [2.24, 2.45) is 0 Å². The lowest BCUT2D eigenvalue weighted by Gasteiger charge is -2.14. The van der Waals surface area contributed by atoms with Crippen LogP contribution in [0.4, 0.5) is 0 Å². The van der Waals surface area contributed by atoms with Crippen LogP contribution in [0.1, 0.15) is 51.9 Å². The molecule has 0 radical (unpaired) electrons. The monoisotopic (exact) mass is 209 g/mol. The first-order valence-electron chi connectivity index (χ1n) is 6.22. The Morgan fingerprint density at radius 2 is 1.87 bits per heavy atom. The van der Waals surface area contributed by atoms with Crippen molar-refractivity contribution in [1.82, 2.24) is 4.90 Å². The number of likely N-dealkylation sites (tertiary alicyclic amines) is 1. The highest BCUT2D eigenvalue weighted by molar-refractivity contribution is 5.94. The standard InChI is InChI=1S/C13H23NO/c1-3-4-5-6-7-8-10-14-11-9-12(2)13(14)15/h2-11H2,1H3. The second kappa shape index (κ2) is 6.65.